The molecule has 3 heteroatoms. The van der Waals surface area contributed by atoms with Crippen LogP contribution in [0.3, 0.4) is 0 Å². The molecule has 0 N–H and O–H groups in total. The Kier molecular flexibility index (Phi) is 4.10. The van der Waals surface area contributed by atoms with E-state index >= 15 is 0 Å². The molecule has 0 aromatic rings. The van der Waals surface area contributed by atoms with E-state index in [0.29, 0.717) is 12.3 Å². The van der Waals surface area contributed by atoms with Gasteiger partial charge in [-0.05, 0) is 39.0 Å². The molecule has 1 nitrogen and oxygen atoms in total. The molecule has 1 aliphatic carbocycles. The van der Waals surface area contributed by atoms with Gasteiger partial charge in [0, 0.05) is 12.8 Å². The van der Waals surface area contributed by atoms with E-state index in [1.54, 1.807) is 0 Å². The highest BCUT2D eigenvalue weighted by Crippen LogP contribution is 2.42. The van der Waals surface area contributed by atoms with Crippen molar-refractivity contribution in [2.24, 2.45) is 11.8 Å². The molecule has 1 fully saturated rings. The number of ether oxygens (including phenoxy) is 1. The lowest BCUT2D eigenvalue weighted by Gasteiger charge is -2.38. The van der Waals surface area contributed by atoms with E-state index in [2.05, 4.69) is 6.92 Å². The van der Waals surface area contributed by atoms with Crippen molar-refractivity contribution < 1.29 is 13.5 Å². The van der Waals surface area contributed by atoms with Crippen LogP contribution in [0.25, 0.3) is 0 Å². The molecule has 0 aliphatic heterocycles. The van der Waals surface area contributed by atoms with E-state index in [4.69, 9.17) is 4.74 Å². The summed E-state index contributed by atoms with van der Waals surface area (Å²) in [6, 6.07) is 0. The molecule has 0 heterocycles. The van der Waals surface area contributed by atoms with E-state index in [0.717, 1.165) is 0 Å². The van der Waals surface area contributed by atoms with Crippen LogP contribution in [0.2, 0.25) is 0 Å². The smallest absolute Gasteiger partial charge is 0.248 e. The molecule has 1 rings (SSSR count). The maximum absolute atomic E-state index is 13.3. The van der Waals surface area contributed by atoms with Crippen LogP contribution in [0.1, 0.15) is 47.0 Å². The summed E-state index contributed by atoms with van der Waals surface area (Å²) < 4.78 is 32.2. The summed E-state index contributed by atoms with van der Waals surface area (Å²) in [5, 5.41) is 0. The van der Waals surface area contributed by atoms with Crippen LogP contribution in [-0.4, -0.2) is 18.1 Å². The van der Waals surface area contributed by atoms with E-state index in [1.807, 2.05) is 20.8 Å². The third kappa shape index (κ3) is 3.71. The molecule has 0 spiro atoms. The topological polar surface area (TPSA) is 9.23 Å². The van der Waals surface area contributed by atoms with Crippen molar-refractivity contribution in [2.45, 2.75) is 65.1 Å². The second-order valence-electron chi connectivity index (χ2n) is 5.13. The fraction of sp³-hybridized carbons (Fsp3) is 1.00. The number of hydrogen-bond donors (Lipinski definition) is 0. The normalized spacial score (nSPS) is 33.0. The van der Waals surface area contributed by atoms with Gasteiger partial charge in [-0.2, -0.15) is 0 Å². The SMILES string of the molecule is CC(C)O[C@@H](C)[C@@H]1CC(F)(F)CCC1C. The molecular weight excluding hydrogens is 198 g/mol. The Labute approximate surface area is 91.2 Å². The van der Waals surface area contributed by atoms with Gasteiger partial charge in [0.05, 0.1) is 12.2 Å². The van der Waals surface area contributed by atoms with Gasteiger partial charge < -0.3 is 4.74 Å². The van der Waals surface area contributed by atoms with Crippen LogP contribution in [0.15, 0.2) is 0 Å². The van der Waals surface area contributed by atoms with Crippen molar-refractivity contribution in [3.63, 3.8) is 0 Å². The van der Waals surface area contributed by atoms with Crippen LogP contribution in [0.4, 0.5) is 8.78 Å². The monoisotopic (exact) mass is 220 g/mol. The molecule has 0 bridgehead atoms. The molecule has 0 saturated heterocycles. The van der Waals surface area contributed by atoms with E-state index in [9.17, 15) is 8.78 Å². The highest BCUT2D eigenvalue weighted by molar-refractivity contribution is 4.85. The summed E-state index contributed by atoms with van der Waals surface area (Å²) in [7, 11) is 0. The van der Waals surface area contributed by atoms with Crippen molar-refractivity contribution in [1.29, 1.82) is 0 Å². The molecule has 1 aliphatic rings. The largest absolute Gasteiger partial charge is 0.376 e. The number of hydrogen-bond acceptors (Lipinski definition) is 1. The fourth-order valence-corrected chi connectivity index (χ4v) is 2.46. The van der Waals surface area contributed by atoms with Crippen molar-refractivity contribution in [3.8, 4) is 0 Å². The lowest BCUT2D eigenvalue weighted by Crippen LogP contribution is -2.38. The van der Waals surface area contributed by atoms with Crippen molar-refractivity contribution in [2.75, 3.05) is 0 Å². The first-order valence-corrected chi connectivity index (χ1v) is 5.85. The Morgan fingerprint density at radius 2 is 1.87 bits per heavy atom. The summed E-state index contributed by atoms with van der Waals surface area (Å²) in [5.41, 5.74) is 0. The van der Waals surface area contributed by atoms with Crippen LogP contribution < -0.4 is 0 Å². The second-order valence-corrected chi connectivity index (χ2v) is 5.13. The molecule has 0 aromatic heterocycles. The number of rotatable bonds is 3. The minimum atomic E-state index is -2.48. The summed E-state index contributed by atoms with van der Waals surface area (Å²) >= 11 is 0. The Bertz CT molecular complexity index is 204. The first kappa shape index (κ1) is 12.9. The maximum atomic E-state index is 13.3. The van der Waals surface area contributed by atoms with Gasteiger partial charge in [-0.1, -0.05) is 6.92 Å². The van der Waals surface area contributed by atoms with Gasteiger partial charge in [0.1, 0.15) is 0 Å². The Morgan fingerprint density at radius 1 is 1.27 bits per heavy atom. The Morgan fingerprint density at radius 3 is 2.40 bits per heavy atom. The van der Waals surface area contributed by atoms with E-state index < -0.39 is 5.92 Å². The van der Waals surface area contributed by atoms with E-state index in [-0.39, 0.29) is 31.0 Å². The zero-order valence-electron chi connectivity index (χ0n) is 10.1. The zero-order chi connectivity index (χ0) is 11.6. The summed E-state index contributed by atoms with van der Waals surface area (Å²) in [5.74, 6) is -2.14. The molecular formula is C12H22F2O. The third-order valence-corrected chi connectivity index (χ3v) is 3.32. The van der Waals surface area contributed by atoms with Crippen molar-refractivity contribution in [1.82, 2.24) is 0 Å². The van der Waals surface area contributed by atoms with Gasteiger partial charge in [-0.15, -0.1) is 0 Å². The standard InChI is InChI=1S/C12H22F2O/c1-8(2)15-10(4)11-7-12(13,14)6-5-9(11)3/h8-11H,5-7H2,1-4H3/t9?,10-,11+/m0/s1. The average molecular weight is 220 g/mol. The minimum Gasteiger partial charge on any atom is -0.376 e. The summed E-state index contributed by atoms with van der Waals surface area (Å²) in [4.78, 5) is 0. The zero-order valence-corrected chi connectivity index (χ0v) is 10.1. The first-order valence-electron chi connectivity index (χ1n) is 5.85. The molecule has 90 valence electrons. The summed E-state index contributed by atoms with van der Waals surface area (Å²) in [6.07, 6.45) is 0.693. The average Bonchev–Trinajstić information content (AvgIpc) is 2.08. The van der Waals surface area contributed by atoms with Gasteiger partial charge in [0.15, 0.2) is 0 Å². The highest BCUT2D eigenvalue weighted by atomic mass is 19.3. The first-order chi connectivity index (χ1) is 6.82. The van der Waals surface area contributed by atoms with Crippen LogP contribution in [0, 0.1) is 11.8 Å². The predicted octanol–water partition coefficient (Wildman–Crippen LogP) is 3.87. The van der Waals surface area contributed by atoms with Gasteiger partial charge in [-0.3, -0.25) is 0 Å². The van der Waals surface area contributed by atoms with Crippen LogP contribution >= 0.6 is 0 Å². The quantitative estimate of drug-likeness (QED) is 0.701. The molecule has 0 aromatic carbocycles. The lowest BCUT2D eigenvalue weighted by molar-refractivity contribution is -0.112. The molecule has 0 amide bonds. The molecule has 1 saturated carbocycles. The molecule has 3 atom stereocenters. The number of alkyl halides is 2. The lowest BCUT2D eigenvalue weighted by atomic mass is 9.76. The predicted molar refractivity (Wildman–Crippen MR) is 57.1 cm³/mol. The van der Waals surface area contributed by atoms with Gasteiger partial charge in [-0.25, -0.2) is 8.78 Å². The van der Waals surface area contributed by atoms with Crippen LogP contribution in [-0.2, 0) is 4.74 Å². The maximum Gasteiger partial charge on any atom is 0.248 e. The van der Waals surface area contributed by atoms with Gasteiger partial charge in [0.25, 0.3) is 0 Å². The summed E-state index contributed by atoms with van der Waals surface area (Å²) in [6.45, 7) is 7.87. The highest BCUT2D eigenvalue weighted by Gasteiger charge is 2.42. The Hall–Kier alpha value is -0.180. The van der Waals surface area contributed by atoms with Crippen molar-refractivity contribution in [3.05, 3.63) is 0 Å². The van der Waals surface area contributed by atoms with E-state index in [1.165, 1.54) is 0 Å². The molecule has 15 heavy (non-hydrogen) atoms. The third-order valence-electron chi connectivity index (χ3n) is 3.32. The van der Waals surface area contributed by atoms with Gasteiger partial charge >= 0.3 is 0 Å². The van der Waals surface area contributed by atoms with Crippen molar-refractivity contribution >= 4 is 0 Å². The molecule has 1 unspecified atom stereocenters. The van der Waals surface area contributed by atoms with Gasteiger partial charge in [0.2, 0.25) is 5.92 Å². The van der Waals surface area contributed by atoms with Crippen LogP contribution in [0.5, 0.6) is 0 Å². The molecule has 0 radical (unpaired) electrons. The number of halogens is 2. The second kappa shape index (κ2) is 4.77. The minimum absolute atomic E-state index is 0.00356. The Balaban J connectivity index is 2.57. The fourth-order valence-electron chi connectivity index (χ4n) is 2.46.